The van der Waals surface area contributed by atoms with Crippen LogP contribution in [-0.2, 0) is 0 Å². The van der Waals surface area contributed by atoms with E-state index < -0.39 is 79.7 Å². The highest BCUT2D eigenvalue weighted by molar-refractivity contribution is 6.00. The fourth-order valence-electron chi connectivity index (χ4n) is 6.26. The zero-order valence-electron chi connectivity index (χ0n) is 35.9. The topological polar surface area (TPSA) is 278 Å². The Balaban J connectivity index is 1.35. The fraction of sp³-hybridized carbons (Fsp3) is 0.381. The number of pyridine rings is 4. The van der Waals surface area contributed by atoms with E-state index in [1.807, 2.05) is 12.1 Å². The molecule has 6 aromatic heterocycles. The van der Waals surface area contributed by atoms with Gasteiger partial charge in [-0.25, -0.2) is 41.9 Å². The largest absolute Gasteiger partial charge is 0.387 e. The SMILES string of the molecule is CC(F)(CNc1cc(-n2ncc3cc(C#N)cnc32)ncc1C(=O)NC[C@@H](F)C(C)(C)O)C(O)c1nn(-c2cc(NCC(F)F)c(C(=O)NC[C@@H](F)C(C)(C)O)cn2)c2ncc(C#N)cc12. The number of amides is 2. The van der Waals surface area contributed by atoms with Crippen LogP contribution >= 0.6 is 0 Å². The molecule has 66 heavy (non-hydrogen) atoms. The maximum atomic E-state index is 17.1. The number of hydrogen-bond donors (Lipinski definition) is 7. The summed E-state index contributed by atoms with van der Waals surface area (Å²) in [6, 6.07) is 9.15. The van der Waals surface area contributed by atoms with Gasteiger partial charge in [0.05, 0.1) is 77.2 Å². The van der Waals surface area contributed by atoms with Crippen molar-refractivity contribution in [1.29, 1.82) is 10.5 Å². The Morgan fingerprint density at radius 3 is 1.76 bits per heavy atom. The van der Waals surface area contributed by atoms with Crippen molar-refractivity contribution in [3.05, 3.63) is 83.2 Å². The van der Waals surface area contributed by atoms with E-state index in [1.165, 1.54) is 63.0 Å². The summed E-state index contributed by atoms with van der Waals surface area (Å²) in [5.41, 5.74) is -7.01. The molecule has 7 N–H and O–H groups in total. The van der Waals surface area contributed by atoms with Crippen LogP contribution in [-0.4, -0.2) is 128 Å². The molecule has 0 aliphatic heterocycles. The van der Waals surface area contributed by atoms with Crippen molar-refractivity contribution in [1.82, 2.24) is 50.1 Å². The smallest absolute Gasteiger partial charge is 0.255 e. The molecule has 346 valence electrons. The standard InChI is InChI=1S/C42H43F5N14O5/c1-40(2,65)29(43)17-55-38(63)25-15-52-33(8-27(25)50-19-31(45)46)61-37-24(7-22(11-49)13-54-37)34(59-61)35(62)42(5,47)20-57-28-9-32(60-36-23(14-58-60)6-21(10-48)12-53-36)51-16-26(28)39(64)56-18-30(44)41(3,4)66/h6-9,12-16,29-31,35,62,65-66H,17-20H2,1-5H3,(H,50,52)(H,51,57)(H,55,63)(H,56,64)/t29-,30-,35?,42?/m1/s1. The fourth-order valence-corrected chi connectivity index (χ4v) is 6.26. The number of carbonyl (C=O) groups excluding carboxylic acids is 2. The zero-order chi connectivity index (χ0) is 48.3. The first-order valence-corrected chi connectivity index (χ1v) is 20.0. The lowest BCUT2D eigenvalue weighted by atomic mass is 9.96. The molecule has 6 rings (SSSR count). The summed E-state index contributed by atoms with van der Waals surface area (Å²) in [7, 11) is 0. The Morgan fingerprint density at radius 2 is 1.23 bits per heavy atom. The van der Waals surface area contributed by atoms with Gasteiger partial charge in [-0.1, -0.05) is 0 Å². The summed E-state index contributed by atoms with van der Waals surface area (Å²) in [4.78, 5) is 43.7. The molecule has 0 aromatic carbocycles. The lowest BCUT2D eigenvalue weighted by Gasteiger charge is -2.27. The summed E-state index contributed by atoms with van der Waals surface area (Å²) in [5.74, 6) is -1.90. The molecule has 0 aliphatic carbocycles. The monoisotopic (exact) mass is 918 g/mol. The summed E-state index contributed by atoms with van der Waals surface area (Å²) in [6.07, 6.45) is -2.82. The number of fused-ring (bicyclic) bond motifs is 2. The second kappa shape index (κ2) is 19.0. The first-order valence-electron chi connectivity index (χ1n) is 20.0. The summed E-state index contributed by atoms with van der Waals surface area (Å²) < 4.78 is 75.3. The van der Waals surface area contributed by atoms with Crippen LogP contribution in [0.3, 0.4) is 0 Å². The molecular formula is C42H43F5N14O5. The molecule has 0 bridgehead atoms. The van der Waals surface area contributed by atoms with Crippen LogP contribution in [0.5, 0.6) is 0 Å². The van der Waals surface area contributed by atoms with Gasteiger partial charge >= 0.3 is 0 Å². The normalized spacial score (nSPS) is 14.2. The van der Waals surface area contributed by atoms with Crippen LogP contribution in [0.15, 0.2) is 55.2 Å². The minimum absolute atomic E-state index is 0.0183. The van der Waals surface area contributed by atoms with Crippen molar-refractivity contribution in [2.24, 2.45) is 0 Å². The van der Waals surface area contributed by atoms with Crippen molar-refractivity contribution < 1.29 is 46.9 Å². The van der Waals surface area contributed by atoms with Crippen molar-refractivity contribution in [2.45, 2.75) is 76.4 Å². The molecule has 19 nitrogen and oxygen atoms in total. The molecule has 0 radical (unpaired) electrons. The lowest BCUT2D eigenvalue weighted by Crippen LogP contribution is -2.42. The number of alkyl halides is 5. The third-order valence-corrected chi connectivity index (χ3v) is 10.2. The first-order chi connectivity index (χ1) is 31.0. The molecule has 6 aromatic rings. The van der Waals surface area contributed by atoms with Gasteiger partial charge in [0.1, 0.15) is 36.3 Å². The van der Waals surface area contributed by atoms with E-state index >= 15 is 4.39 Å². The summed E-state index contributed by atoms with van der Waals surface area (Å²) >= 11 is 0. The maximum absolute atomic E-state index is 17.1. The third kappa shape index (κ3) is 10.6. The Morgan fingerprint density at radius 1 is 0.712 bits per heavy atom. The number of nitriles is 2. The minimum atomic E-state index is -2.89. The quantitative estimate of drug-likeness (QED) is 0.0602. The Kier molecular flexibility index (Phi) is 13.8. The maximum Gasteiger partial charge on any atom is 0.255 e. The van der Waals surface area contributed by atoms with Crippen LogP contribution in [0.2, 0.25) is 0 Å². The number of aliphatic hydroxyl groups is 3. The number of halogens is 5. The molecule has 0 fully saturated rings. The van der Waals surface area contributed by atoms with Gasteiger partial charge in [0, 0.05) is 47.7 Å². The second-order valence-corrected chi connectivity index (χ2v) is 16.5. The van der Waals surface area contributed by atoms with Gasteiger partial charge in [-0.2, -0.15) is 30.1 Å². The first kappa shape index (κ1) is 48.1. The number of aromatic nitrogens is 8. The number of carbonyl (C=O) groups is 2. The molecule has 0 aliphatic rings. The van der Waals surface area contributed by atoms with E-state index in [0.29, 0.717) is 5.39 Å². The van der Waals surface area contributed by atoms with Gasteiger partial charge in [-0.05, 0) is 46.8 Å². The number of nitrogens with zero attached hydrogens (tertiary/aromatic N) is 10. The number of anilines is 2. The average molecular weight is 919 g/mol. The van der Waals surface area contributed by atoms with Crippen LogP contribution in [0.1, 0.15) is 78.3 Å². The highest BCUT2D eigenvalue weighted by atomic mass is 19.3. The van der Waals surface area contributed by atoms with E-state index in [4.69, 9.17) is 0 Å². The van der Waals surface area contributed by atoms with Gasteiger partial charge in [-0.3, -0.25) is 9.59 Å². The van der Waals surface area contributed by atoms with Crippen molar-refractivity contribution in [3.8, 4) is 23.8 Å². The third-order valence-electron chi connectivity index (χ3n) is 10.2. The molecule has 6 heterocycles. The molecule has 4 atom stereocenters. The van der Waals surface area contributed by atoms with E-state index in [-0.39, 0.29) is 67.6 Å². The number of aliphatic hydroxyl groups excluding tert-OH is 1. The second-order valence-electron chi connectivity index (χ2n) is 16.5. The minimum Gasteiger partial charge on any atom is -0.387 e. The Hall–Kier alpha value is -7.41. The zero-order valence-corrected chi connectivity index (χ0v) is 35.9. The predicted molar refractivity (Wildman–Crippen MR) is 227 cm³/mol. The Labute approximate surface area is 372 Å². The van der Waals surface area contributed by atoms with E-state index in [0.717, 1.165) is 36.3 Å². The Bertz CT molecular complexity index is 2860. The van der Waals surface area contributed by atoms with Crippen LogP contribution in [0, 0.1) is 22.7 Å². The molecular weight excluding hydrogens is 876 g/mol. The van der Waals surface area contributed by atoms with Gasteiger partial charge in [0.15, 0.2) is 28.6 Å². The van der Waals surface area contributed by atoms with Gasteiger partial charge in [0.2, 0.25) is 0 Å². The predicted octanol–water partition coefficient (Wildman–Crippen LogP) is 3.92. The van der Waals surface area contributed by atoms with Crippen LogP contribution < -0.4 is 21.3 Å². The number of hydrogen-bond acceptors (Lipinski definition) is 15. The molecule has 24 heteroatoms. The highest BCUT2D eigenvalue weighted by Crippen LogP contribution is 2.35. The number of rotatable bonds is 18. The van der Waals surface area contributed by atoms with E-state index in [2.05, 4.69) is 51.4 Å². The summed E-state index contributed by atoms with van der Waals surface area (Å²) in [6.45, 7) is 2.91. The molecule has 0 saturated carbocycles. The highest BCUT2D eigenvalue weighted by Gasteiger charge is 2.39. The molecule has 0 spiro atoms. The average Bonchev–Trinajstić information content (AvgIpc) is 3.88. The van der Waals surface area contributed by atoms with Gasteiger partial charge < -0.3 is 36.6 Å². The van der Waals surface area contributed by atoms with Crippen molar-refractivity contribution >= 4 is 45.3 Å². The van der Waals surface area contributed by atoms with Gasteiger partial charge in [-0.15, -0.1) is 0 Å². The molecule has 2 unspecified atom stereocenters. The van der Waals surface area contributed by atoms with E-state index in [1.54, 1.807) is 0 Å². The van der Waals surface area contributed by atoms with Crippen LogP contribution in [0.4, 0.5) is 33.3 Å². The lowest BCUT2D eigenvalue weighted by molar-refractivity contribution is -0.00209. The molecule has 0 saturated heterocycles. The summed E-state index contributed by atoms with van der Waals surface area (Å²) in [5, 5.41) is 69.8. The van der Waals surface area contributed by atoms with Crippen molar-refractivity contribution in [2.75, 3.05) is 36.8 Å². The van der Waals surface area contributed by atoms with Crippen molar-refractivity contribution in [3.63, 3.8) is 0 Å². The molecule has 2 amide bonds. The van der Waals surface area contributed by atoms with Crippen LogP contribution in [0.25, 0.3) is 33.7 Å². The number of nitrogens with one attached hydrogen (secondary N) is 4. The van der Waals surface area contributed by atoms with Gasteiger partial charge in [0.25, 0.3) is 18.2 Å². The van der Waals surface area contributed by atoms with E-state index in [9.17, 15) is 53.0 Å².